The number of hydrogen-bond acceptors (Lipinski definition) is 2. The molecule has 0 aliphatic heterocycles. The molecule has 0 spiro atoms. The van der Waals surface area contributed by atoms with Crippen LogP contribution in [0.5, 0.6) is 0 Å². The summed E-state index contributed by atoms with van der Waals surface area (Å²) in [5.74, 6) is 0. The largest absolute Gasteiger partial charge is 0.325 e. The maximum atomic E-state index is 10.5. The fourth-order valence-electron chi connectivity index (χ4n) is 2.02. The Kier molecular flexibility index (Phi) is 8.52. The Balaban J connectivity index is 0.000000370. The van der Waals surface area contributed by atoms with E-state index in [9.17, 15) is 8.42 Å². The highest BCUT2D eigenvalue weighted by Crippen LogP contribution is 2.06. The molecule has 1 aromatic rings. The molecule has 0 bridgehead atoms. The lowest BCUT2D eigenvalue weighted by Crippen LogP contribution is -2.47. The van der Waals surface area contributed by atoms with Crippen LogP contribution in [0.1, 0.15) is 27.7 Å². The van der Waals surface area contributed by atoms with Crippen LogP contribution in [-0.4, -0.2) is 43.6 Å². The predicted molar refractivity (Wildman–Crippen MR) is 88.0 cm³/mol. The van der Waals surface area contributed by atoms with Gasteiger partial charge in [-0.15, -0.1) is 9.24 Å². The van der Waals surface area contributed by atoms with Gasteiger partial charge in [0.25, 0.3) is 10.1 Å². The SMILES string of the molecule is CC[N+](CC)(CC)CC.O=S(=O)(O)c1cccc(P)c1. The van der Waals surface area contributed by atoms with E-state index in [2.05, 4.69) is 36.9 Å². The standard InChI is InChI=1S/C8H20N.C6H7O3PS/c1-5-9(6-2,7-3)8-4;7-11(8,9)6-3-1-2-5(10)4-6/h5-8H2,1-4H3;1-4H,10H2,(H,7,8,9)/q+1;. The molecule has 1 rings (SSSR count). The third-order valence-corrected chi connectivity index (χ3v) is 5.05. The summed E-state index contributed by atoms with van der Waals surface area (Å²) in [6.07, 6.45) is 0. The fraction of sp³-hybridized carbons (Fsp3) is 0.571. The van der Waals surface area contributed by atoms with Crippen molar-refractivity contribution in [3.8, 4) is 0 Å². The van der Waals surface area contributed by atoms with Crippen molar-refractivity contribution in [2.24, 2.45) is 0 Å². The quantitative estimate of drug-likeness (QED) is 0.515. The summed E-state index contributed by atoms with van der Waals surface area (Å²) in [4.78, 5) is -0.0787. The smallest absolute Gasteiger partial charge is 0.294 e. The lowest BCUT2D eigenvalue weighted by molar-refractivity contribution is -0.921. The molecule has 0 heterocycles. The van der Waals surface area contributed by atoms with Crippen molar-refractivity contribution < 1.29 is 17.5 Å². The average Bonchev–Trinajstić information content (AvgIpc) is 2.42. The van der Waals surface area contributed by atoms with Crippen LogP contribution in [0.3, 0.4) is 0 Å². The first-order valence-corrected chi connectivity index (χ1v) is 8.94. The van der Waals surface area contributed by atoms with Gasteiger partial charge in [-0.2, -0.15) is 8.42 Å². The maximum Gasteiger partial charge on any atom is 0.294 e. The molecule has 116 valence electrons. The number of hydrogen-bond donors (Lipinski definition) is 1. The van der Waals surface area contributed by atoms with Crippen LogP contribution >= 0.6 is 9.24 Å². The Morgan fingerprint density at radius 2 is 1.50 bits per heavy atom. The van der Waals surface area contributed by atoms with E-state index < -0.39 is 10.1 Å². The van der Waals surface area contributed by atoms with Crippen molar-refractivity contribution in [2.45, 2.75) is 32.6 Å². The fourth-order valence-corrected chi connectivity index (χ4v) is 2.96. The van der Waals surface area contributed by atoms with Crippen LogP contribution < -0.4 is 5.30 Å². The topological polar surface area (TPSA) is 54.4 Å². The minimum Gasteiger partial charge on any atom is -0.325 e. The van der Waals surface area contributed by atoms with E-state index in [0.29, 0.717) is 0 Å². The van der Waals surface area contributed by atoms with Gasteiger partial charge in [0.1, 0.15) is 0 Å². The lowest BCUT2D eigenvalue weighted by Gasteiger charge is -2.34. The molecule has 0 aromatic heterocycles. The van der Waals surface area contributed by atoms with Crippen molar-refractivity contribution in [3.63, 3.8) is 0 Å². The zero-order valence-electron chi connectivity index (χ0n) is 12.8. The average molecular weight is 320 g/mol. The maximum absolute atomic E-state index is 10.5. The Hall–Kier alpha value is -0.480. The molecular weight excluding hydrogens is 293 g/mol. The van der Waals surface area contributed by atoms with Gasteiger partial charge >= 0.3 is 0 Å². The molecule has 4 nitrogen and oxygen atoms in total. The first kappa shape index (κ1) is 19.5. The third kappa shape index (κ3) is 6.31. The first-order chi connectivity index (χ1) is 9.24. The molecule has 1 unspecified atom stereocenters. The number of nitrogens with zero attached hydrogens (tertiary/aromatic N) is 1. The van der Waals surface area contributed by atoms with Crippen molar-refractivity contribution >= 4 is 24.7 Å². The summed E-state index contributed by atoms with van der Waals surface area (Å²) in [6.45, 7) is 14.2. The van der Waals surface area contributed by atoms with E-state index in [4.69, 9.17) is 4.55 Å². The third-order valence-electron chi connectivity index (χ3n) is 3.84. The Labute approximate surface area is 125 Å². The molecule has 1 aromatic carbocycles. The highest BCUT2D eigenvalue weighted by Gasteiger charge is 2.16. The van der Waals surface area contributed by atoms with Crippen LogP contribution in [-0.2, 0) is 10.1 Å². The molecule has 0 fully saturated rings. The molecule has 1 N–H and O–H groups in total. The number of benzene rings is 1. The summed E-state index contributed by atoms with van der Waals surface area (Å²) in [6, 6.07) is 5.99. The van der Waals surface area contributed by atoms with Crippen molar-refractivity contribution in [1.29, 1.82) is 0 Å². The van der Waals surface area contributed by atoms with Crippen molar-refractivity contribution in [2.75, 3.05) is 26.2 Å². The van der Waals surface area contributed by atoms with Gasteiger partial charge in [-0.3, -0.25) is 4.55 Å². The summed E-state index contributed by atoms with van der Waals surface area (Å²) in [5, 5.41) is 0.722. The van der Waals surface area contributed by atoms with E-state index >= 15 is 0 Å². The number of quaternary nitrogens is 1. The molecular formula is C14H27NO3PS+. The van der Waals surface area contributed by atoms with Crippen molar-refractivity contribution in [3.05, 3.63) is 24.3 Å². The van der Waals surface area contributed by atoms with E-state index in [1.807, 2.05) is 0 Å². The van der Waals surface area contributed by atoms with Crippen LogP contribution in [0.25, 0.3) is 0 Å². The molecule has 0 amide bonds. The number of rotatable bonds is 5. The van der Waals surface area contributed by atoms with Gasteiger partial charge in [-0.25, -0.2) is 0 Å². The second kappa shape index (κ2) is 8.73. The van der Waals surface area contributed by atoms with Gasteiger partial charge in [0.05, 0.1) is 31.1 Å². The molecule has 1 atom stereocenters. The van der Waals surface area contributed by atoms with Gasteiger partial charge in [0.2, 0.25) is 0 Å². The first-order valence-electron chi connectivity index (χ1n) is 6.92. The van der Waals surface area contributed by atoms with E-state index in [0.717, 1.165) is 5.30 Å². The Morgan fingerprint density at radius 1 is 1.05 bits per heavy atom. The molecule has 0 aliphatic rings. The monoisotopic (exact) mass is 320 g/mol. The molecule has 20 heavy (non-hydrogen) atoms. The van der Waals surface area contributed by atoms with Crippen LogP contribution in [0, 0.1) is 0 Å². The van der Waals surface area contributed by atoms with E-state index in [1.54, 1.807) is 12.1 Å². The second-order valence-corrected chi connectivity index (χ2v) is 6.74. The van der Waals surface area contributed by atoms with Crippen molar-refractivity contribution in [1.82, 2.24) is 0 Å². The van der Waals surface area contributed by atoms with Crippen LogP contribution in [0.2, 0.25) is 0 Å². The predicted octanol–water partition coefficient (Wildman–Crippen LogP) is 2.32. The molecule has 0 radical (unpaired) electrons. The zero-order valence-corrected chi connectivity index (χ0v) is 14.8. The highest BCUT2D eigenvalue weighted by molar-refractivity contribution is 7.85. The van der Waals surface area contributed by atoms with Gasteiger partial charge in [-0.05, 0) is 45.1 Å². The molecule has 6 heteroatoms. The van der Waals surface area contributed by atoms with Crippen LogP contribution in [0.4, 0.5) is 0 Å². The second-order valence-electron chi connectivity index (χ2n) is 4.65. The summed E-state index contributed by atoms with van der Waals surface area (Å²) in [7, 11) is -1.69. The summed E-state index contributed by atoms with van der Waals surface area (Å²) < 4.78 is 30.9. The normalized spacial score (nSPS) is 11.7. The summed E-state index contributed by atoms with van der Waals surface area (Å²) in [5.41, 5.74) is 0. The van der Waals surface area contributed by atoms with Gasteiger partial charge in [0, 0.05) is 0 Å². The molecule has 0 aliphatic carbocycles. The van der Waals surface area contributed by atoms with E-state index in [-0.39, 0.29) is 4.90 Å². The summed E-state index contributed by atoms with van der Waals surface area (Å²) >= 11 is 0. The Morgan fingerprint density at radius 3 is 1.70 bits per heavy atom. The van der Waals surface area contributed by atoms with Gasteiger partial charge < -0.3 is 4.48 Å². The lowest BCUT2D eigenvalue weighted by atomic mass is 10.3. The highest BCUT2D eigenvalue weighted by atomic mass is 32.2. The zero-order chi connectivity index (χ0) is 15.8. The van der Waals surface area contributed by atoms with Gasteiger partial charge in [-0.1, -0.05) is 12.1 Å². The minimum absolute atomic E-state index is 0.0787. The van der Waals surface area contributed by atoms with E-state index in [1.165, 1.54) is 42.8 Å². The minimum atomic E-state index is -4.04. The molecule has 0 saturated carbocycles. The Bertz CT molecular complexity index is 481. The van der Waals surface area contributed by atoms with Gasteiger partial charge in [0.15, 0.2) is 0 Å². The molecule has 0 saturated heterocycles. The van der Waals surface area contributed by atoms with Crippen LogP contribution in [0.15, 0.2) is 29.2 Å².